The van der Waals surface area contributed by atoms with E-state index in [2.05, 4.69) is 5.32 Å². The lowest BCUT2D eigenvalue weighted by Crippen LogP contribution is -2.32. The predicted molar refractivity (Wildman–Crippen MR) is 91.7 cm³/mol. The van der Waals surface area contributed by atoms with Crippen LogP contribution in [0.2, 0.25) is 0 Å². The van der Waals surface area contributed by atoms with Crippen molar-refractivity contribution in [1.82, 2.24) is 4.73 Å². The molecule has 1 amide bonds. The van der Waals surface area contributed by atoms with Gasteiger partial charge < -0.3 is 15.3 Å². The van der Waals surface area contributed by atoms with Crippen molar-refractivity contribution < 1.29 is 19.5 Å². The summed E-state index contributed by atoms with van der Waals surface area (Å²) in [6.45, 7) is -0.438. The summed E-state index contributed by atoms with van der Waals surface area (Å²) < 4.78 is 0.728. The Bertz CT molecular complexity index is 1000. The molecule has 0 saturated heterocycles. The van der Waals surface area contributed by atoms with E-state index in [0.717, 1.165) is 27.8 Å². The number of carboxylic acid groups (broad SMARTS) is 1. The number of amides is 1. The number of benzene rings is 2. The number of aromatic nitrogens is 1. The lowest BCUT2D eigenvalue weighted by Gasteiger charge is -2.11. The molecule has 126 valence electrons. The second-order valence-corrected chi connectivity index (χ2v) is 5.24. The van der Waals surface area contributed by atoms with E-state index in [0.29, 0.717) is 5.69 Å². The van der Waals surface area contributed by atoms with Crippen LogP contribution in [0.15, 0.2) is 65.6 Å². The van der Waals surface area contributed by atoms with Crippen LogP contribution in [0, 0.1) is 0 Å². The second-order valence-electron chi connectivity index (χ2n) is 5.24. The first-order valence-corrected chi connectivity index (χ1v) is 7.41. The summed E-state index contributed by atoms with van der Waals surface area (Å²) in [5, 5.41) is 13.5. The maximum atomic E-state index is 12.1. The molecule has 1 heterocycles. The van der Waals surface area contributed by atoms with Gasteiger partial charge in [-0.05, 0) is 17.5 Å². The molecule has 1 aromatic heterocycles. The van der Waals surface area contributed by atoms with E-state index in [-0.39, 0.29) is 5.56 Å². The standard InChI is InChI=1S/C18H14N2O5/c21-16(11-25-20-10-13(18(23)24)8-9-17(20)22)19-15-7-3-5-12-4-1-2-6-14(12)15/h1-10H,11H2,(H,19,21)(H,23,24). The average molecular weight is 338 g/mol. The van der Waals surface area contributed by atoms with Gasteiger partial charge >= 0.3 is 5.97 Å². The van der Waals surface area contributed by atoms with Crippen LogP contribution in [0.25, 0.3) is 10.8 Å². The number of nitrogens with one attached hydrogen (secondary N) is 1. The average Bonchev–Trinajstić information content (AvgIpc) is 2.61. The summed E-state index contributed by atoms with van der Waals surface area (Å²) in [7, 11) is 0. The predicted octanol–water partition coefficient (Wildman–Crippen LogP) is 1.77. The molecule has 0 unspecified atom stereocenters. The number of hydrogen-bond donors (Lipinski definition) is 2. The van der Waals surface area contributed by atoms with Crippen LogP contribution in [0.4, 0.5) is 5.69 Å². The van der Waals surface area contributed by atoms with Gasteiger partial charge in [-0.15, -0.1) is 0 Å². The summed E-state index contributed by atoms with van der Waals surface area (Å²) in [6.07, 6.45) is 1.02. The number of nitrogens with zero attached hydrogens (tertiary/aromatic N) is 1. The Hall–Kier alpha value is -3.61. The van der Waals surface area contributed by atoms with E-state index in [4.69, 9.17) is 9.94 Å². The zero-order chi connectivity index (χ0) is 17.8. The van der Waals surface area contributed by atoms with E-state index in [1.54, 1.807) is 6.07 Å². The molecule has 0 radical (unpaired) electrons. The van der Waals surface area contributed by atoms with Gasteiger partial charge in [0.15, 0.2) is 6.61 Å². The fourth-order valence-corrected chi connectivity index (χ4v) is 2.34. The van der Waals surface area contributed by atoms with Gasteiger partial charge in [0.1, 0.15) is 0 Å². The number of rotatable bonds is 5. The Kier molecular flexibility index (Phi) is 4.47. The van der Waals surface area contributed by atoms with Crippen molar-refractivity contribution in [2.75, 3.05) is 11.9 Å². The number of aromatic carboxylic acids is 1. The summed E-state index contributed by atoms with van der Waals surface area (Å²) >= 11 is 0. The number of fused-ring (bicyclic) bond motifs is 1. The minimum absolute atomic E-state index is 0.117. The fraction of sp³-hybridized carbons (Fsp3) is 0.0556. The zero-order valence-corrected chi connectivity index (χ0v) is 13.0. The summed E-state index contributed by atoms with van der Waals surface area (Å²) in [4.78, 5) is 39.8. The Labute approximate surface area is 142 Å². The molecule has 0 aliphatic rings. The quantitative estimate of drug-likeness (QED) is 0.739. The topological polar surface area (TPSA) is 97.6 Å². The highest BCUT2D eigenvalue weighted by molar-refractivity contribution is 6.02. The van der Waals surface area contributed by atoms with Crippen molar-refractivity contribution in [1.29, 1.82) is 0 Å². The maximum Gasteiger partial charge on any atom is 0.337 e. The number of carbonyl (C=O) groups excluding carboxylic acids is 1. The van der Waals surface area contributed by atoms with Gasteiger partial charge in [-0.3, -0.25) is 9.59 Å². The van der Waals surface area contributed by atoms with Gasteiger partial charge in [-0.1, -0.05) is 36.4 Å². The molecule has 25 heavy (non-hydrogen) atoms. The molecule has 3 aromatic rings. The van der Waals surface area contributed by atoms with Crippen molar-refractivity contribution in [2.24, 2.45) is 0 Å². The first-order chi connectivity index (χ1) is 12.0. The number of anilines is 1. The van der Waals surface area contributed by atoms with Gasteiger partial charge in [-0.2, -0.15) is 4.73 Å². The molecular formula is C18H14N2O5. The number of carbonyl (C=O) groups is 2. The molecule has 0 bridgehead atoms. The molecule has 2 aromatic carbocycles. The number of pyridine rings is 1. The summed E-state index contributed by atoms with van der Waals surface area (Å²) in [6, 6.07) is 15.3. The van der Waals surface area contributed by atoms with Crippen LogP contribution in [0.5, 0.6) is 0 Å². The van der Waals surface area contributed by atoms with Crippen molar-refractivity contribution >= 4 is 28.3 Å². The molecule has 7 nitrogen and oxygen atoms in total. The first kappa shape index (κ1) is 16.3. The normalized spacial score (nSPS) is 10.4. The third-order valence-electron chi connectivity index (χ3n) is 3.52. The molecule has 0 saturated carbocycles. The Morgan fingerprint density at radius 2 is 1.80 bits per heavy atom. The van der Waals surface area contributed by atoms with Gasteiger partial charge in [0.2, 0.25) is 0 Å². The molecule has 0 fully saturated rings. The molecule has 0 aliphatic heterocycles. The highest BCUT2D eigenvalue weighted by atomic mass is 16.7. The van der Waals surface area contributed by atoms with Gasteiger partial charge in [0.05, 0.1) is 11.8 Å². The van der Waals surface area contributed by atoms with E-state index in [1.165, 1.54) is 6.07 Å². The van der Waals surface area contributed by atoms with E-state index in [9.17, 15) is 14.4 Å². The molecule has 0 aliphatic carbocycles. The third-order valence-corrected chi connectivity index (χ3v) is 3.52. The maximum absolute atomic E-state index is 12.1. The van der Waals surface area contributed by atoms with Gasteiger partial charge in [0, 0.05) is 17.1 Å². The van der Waals surface area contributed by atoms with Crippen molar-refractivity contribution in [2.45, 2.75) is 0 Å². The monoisotopic (exact) mass is 338 g/mol. The number of hydrogen-bond acceptors (Lipinski definition) is 4. The molecule has 2 N–H and O–H groups in total. The van der Waals surface area contributed by atoms with Crippen LogP contribution in [-0.4, -0.2) is 28.3 Å². The van der Waals surface area contributed by atoms with Crippen LogP contribution < -0.4 is 15.7 Å². The highest BCUT2D eigenvalue weighted by Crippen LogP contribution is 2.22. The van der Waals surface area contributed by atoms with Gasteiger partial charge in [-0.25, -0.2) is 4.79 Å². The van der Waals surface area contributed by atoms with Gasteiger partial charge in [0.25, 0.3) is 11.5 Å². The highest BCUT2D eigenvalue weighted by Gasteiger charge is 2.09. The largest absolute Gasteiger partial charge is 0.478 e. The van der Waals surface area contributed by atoms with Crippen LogP contribution in [-0.2, 0) is 4.79 Å². The molecule has 0 spiro atoms. The van der Waals surface area contributed by atoms with Crippen LogP contribution in [0.1, 0.15) is 10.4 Å². The Balaban J connectivity index is 1.72. The Morgan fingerprint density at radius 1 is 1.04 bits per heavy atom. The second kappa shape index (κ2) is 6.88. The molecule has 3 rings (SSSR count). The smallest absolute Gasteiger partial charge is 0.337 e. The third kappa shape index (κ3) is 3.66. The SMILES string of the molecule is O=C(COn1cc(C(=O)O)ccc1=O)Nc1cccc2ccccc12. The lowest BCUT2D eigenvalue weighted by atomic mass is 10.1. The zero-order valence-electron chi connectivity index (χ0n) is 13.0. The van der Waals surface area contributed by atoms with Crippen LogP contribution >= 0.6 is 0 Å². The minimum atomic E-state index is -1.20. The molecule has 7 heteroatoms. The van der Waals surface area contributed by atoms with Crippen molar-refractivity contribution in [3.63, 3.8) is 0 Å². The molecular weight excluding hydrogens is 324 g/mol. The summed E-state index contributed by atoms with van der Waals surface area (Å²) in [5.41, 5.74) is -0.0599. The first-order valence-electron chi connectivity index (χ1n) is 7.41. The van der Waals surface area contributed by atoms with E-state index >= 15 is 0 Å². The minimum Gasteiger partial charge on any atom is -0.478 e. The molecule has 0 atom stereocenters. The van der Waals surface area contributed by atoms with E-state index in [1.807, 2.05) is 36.4 Å². The summed E-state index contributed by atoms with van der Waals surface area (Å²) in [5.74, 6) is -1.67. The van der Waals surface area contributed by atoms with Crippen LogP contribution in [0.3, 0.4) is 0 Å². The Morgan fingerprint density at radius 3 is 2.60 bits per heavy atom. The van der Waals surface area contributed by atoms with E-state index < -0.39 is 24.0 Å². The van der Waals surface area contributed by atoms with Crippen molar-refractivity contribution in [3.05, 3.63) is 76.7 Å². The van der Waals surface area contributed by atoms with Crippen molar-refractivity contribution in [3.8, 4) is 0 Å². The lowest BCUT2D eigenvalue weighted by molar-refractivity contribution is -0.120. The fourth-order valence-electron chi connectivity index (χ4n) is 2.34. The number of carboxylic acids is 1.